The zero-order valence-electron chi connectivity index (χ0n) is 15.1. The lowest BCUT2D eigenvalue weighted by molar-refractivity contribution is 0.0778. The third-order valence-electron chi connectivity index (χ3n) is 4.17. The van der Waals surface area contributed by atoms with Crippen molar-refractivity contribution < 1.29 is 9.90 Å². The van der Waals surface area contributed by atoms with Gasteiger partial charge in [0.05, 0.1) is 11.8 Å². The minimum Gasteiger partial charge on any atom is -0.392 e. The van der Waals surface area contributed by atoms with Crippen LogP contribution in [0.3, 0.4) is 0 Å². The first-order chi connectivity index (χ1) is 12.6. The number of nitrogens with zero attached hydrogens (tertiary/aromatic N) is 3. The molecule has 0 aliphatic rings. The molecule has 3 rings (SSSR count). The van der Waals surface area contributed by atoms with E-state index in [1.54, 1.807) is 18.9 Å². The highest BCUT2D eigenvalue weighted by Gasteiger charge is 2.21. The molecule has 0 saturated carbocycles. The van der Waals surface area contributed by atoms with Gasteiger partial charge in [-0.15, -0.1) is 0 Å². The molecule has 0 spiro atoms. The highest BCUT2D eigenvalue weighted by Crippen LogP contribution is 2.16. The number of nitrogens with one attached hydrogen (secondary N) is 1. The molecule has 1 aromatic carbocycles. The van der Waals surface area contributed by atoms with Gasteiger partial charge in [-0.2, -0.15) is 0 Å². The molecule has 0 bridgehead atoms. The van der Waals surface area contributed by atoms with E-state index in [2.05, 4.69) is 10.3 Å². The van der Waals surface area contributed by atoms with E-state index in [-0.39, 0.29) is 5.91 Å². The topological polar surface area (TPSA) is 69.9 Å². The van der Waals surface area contributed by atoms with Crippen molar-refractivity contribution >= 4 is 11.6 Å². The monoisotopic (exact) mass is 352 g/mol. The van der Waals surface area contributed by atoms with Crippen molar-refractivity contribution in [3.63, 3.8) is 0 Å². The van der Waals surface area contributed by atoms with Gasteiger partial charge in [0.2, 0.25) is 0 Å². The van der Waals surface area contributed by atoms with Crippen LogP contribution >= 0.6 is 0 Å². The third-order valence-corrected chi connectivity index (χ3v) is 4.17. The molecule has 2 heterocycles. The van der Waals surface area contributed by atoms with E-state index >= 15 is 0 Å². The largest absolute Gasteiger partial charge is 0.392 e. The summed E-state index contributed by atoms with van der Waals surface area (Å²) in [5, 5.41) is 12.6. The van der Waals surface area contributed by atoms with Gasteiger partial charge < -0.3 is 19.7 Å². The smallest absolute Gasteiger partial charge is 0.274 e. The van der Waals surface area contributed by atoms with Crippen LogP contribution in [0.1, 0.15) is 28.7 Å². The summed E-state index contributed by atoms with van der Waals surface area (Å²) in [6.45, 7) is 3.15. The van der Waals surface area contributed by atoms with Gasteiger partial charge in [-0.3, -0.25) is 4.79 Å². The minimum atomic E-state index is -0.450. The van der Waals surface area contributed by atoms with E-state index in [1.165, 1.54) is 0 Å². The van der Waals surface area contributed by atoms with E-state index in [0.717, 1.165) is 16.9 Å². The van der Waals surface area contributed by atoms with Crippen LogP contribution in [0.25, 0.3) is 5.65 Å². The molecule has 1 unspecified atom stereocenters. The SMILES string of the molecule is CC(O)CNCc1c(C(=O)N(C)Cc2ccccc2)nc2ccccn12. The molecule has 0 fully saturated rings. The molecule has 136 valence electrons. The van der Waals surface area contributed by atoms with E-state index in [4.69, 9.17) is 0 Å². The number of hydrogen-bond acceptors (Lipinski definition) is 4. The van der Waals surface area contributed by atoms with Gasteiger partial charge in [0.15, 0.2) is 5.69 Å². The molecular weight excluding hydrogens is 328 g/mol. The van der Waals surface area contributed by atoms with E-state index in [0.29, 0.717) is 25.3 Å². The van der Waals surface area contributed by atoms with Gasteiger partial charge in [-0.05, 0) is 24.6 Å². The first kappa shape index (κ1) is 18.1. The fourth-order valence-electron chi connectivity index (χ4n) is 2.90. The molecule has 0 aliphatic carbocycles. The molecule has 2 N–H and O–H groups in total. The average Bonchev–Trinajstić information content (AvgIpc) is 3.00. The quantitative estimate of drug-likeness (QED) is 0.683. The Morgan fingerprint density at radius 1 is 1.23 bits per heavy atom. The second-order valence-corrected chi connectivity index (χ2v) is 6.46. The number of aliphatic hydroxyl groups is 1. The molecule has 0 radical (unpaired) electrons. The van der Waals surface area contributed by atoms with Crippen molar-refractivity contribution in [3.8, 4) is 0 Å². The molecule has 6 heteroatoms. The zero-order valence-corrected chi connectivity index (χ0v) is 15.1. The lowest BCUT2D eigenvalue weighted by atomic mass is 10.2. The number of aliphatic hydroxyl groups excluding tert-OH is 1. The molecule has 0 saturated heterocycles. The second kappa shape index (κ2) is 8.12. The maximum Gasteiger partial charge on any atom is 0.274 e. The van der Waals surface area contributed by atoms with Crippen LogP contribution in [0.2, 0.25) is 0 Å². The second-order valence-electron chi connectivity index (χ2n) is 6.46. The molecule has 0 aliphatic heterocycles. The highest BCUT2D eigenvalue weighted by atomic mass is 16.3. The number of fused-ring (bicyclic) bond motifs is 1. The van der Waals surface area contributed by atoms with Gasteiger partial charge in [0, 0.05) is 32.9 Å². The summed E-state index contributed by atoms with van der Waals surface area (Å²) in [7, 11) is 1.78. The van der Waals surface area contributed by atoms with Crippen molar-refractivity contribution in [2.45, 2.75) is 26.1 Å². The summed E-state index contributed by atoms with van der Waals surface area (Å²) < 4.78 is 1.92. The lowest BCUT2D eigenvalue weighted by Gasteiger charge is -2.17. The average molecular weight is 352 g/mol. The van der Waals surface area contributed by atoms with Crippen LogP contribution in [-0.4, -0.2) is 45.0 Å². The number of carbonyl (C=O) groups excluding carboxylic acids is 1. The molecule has 3 aromatic rings. The highest BCUT2D eigenvalue weighted by molar-refractivity contribution is 5.94. The van der Waals surface area contributed by atoms with Crippen LogP contribution in [0.5, 0.6) is 0 Å². The molecule has 26 heavy (non-hydrogen) atoms. The summed E-state index contributed by atoms with van der Waals surface area (Å²) in [5.74, 6) is -0.119. The number of benzene rings is 1. The first-order valence-electron chi connectivity index (χ1n) is 8.70. The van der Waals surface area contributed by atoms with Crippen molar-refractivity contribution in [1.29, 1.82) is 0 Å². The van der Waals surface area contributed by atoms with E-state index in [1.807, 2.05) is 59.1 Å². The third kappa shape index (κ3) is 4.09. The normalized spacial score (nSPS) is 12.3. The number of carbonyl (C=O) groups is 1. The van der Waals surface area contributed by atoms with Gasteiger partial charge >= 0.3 is 0 Å². The fraction of sp³-hybridized carbons (Fsp3) is 0.300. The van der Waals surface area contributed by atoms with Gasteiger partial charge in [0.1, 0.15) is 5.65 Å². The number of pyridine rings is 1. The first-order valence-corrected chi connectivity index (χ1v) is 8.70. The molecule has 2 aromatic heterocycles. The van der Waals surface area contributed by atoms with Gasteiger partial charge in [-0.1, -0.05) is 36.4 Å². The molecular formula is C20H24N4O2. The summed E-state index contributed by atoms with van der Waals surface area (Å²) in [4.78, 5) is 19.2. The Morgan fingerprint density at radius 2 is 1.96 bits per heavy atom. The predicted octanol–water partition coefficient (Wildman–Crippen LogP) is 2.08. The molecule has 6 nitrogen and oxygen atoms in total. The number of aromatic nitrogens is 2. The van der Waals surface area contributed by atoms with Crippen LogP contribution in [0.15, 0.2) is 54.7 Å². The van der Waals surface area contributed by atoms with Crippen molar-refractivity contribution in [2.24, 2.45) is 0 Å². The number of amides is 1. The number of rotatable bonds is 7. The van der Waals surface area contributed by atoms with E-state index < -0.39 is 6.10 Å². The Morgan fingerprint density at radius 3 is 2.69 bits per heavy atom. The maximum atomic E-state index is 13.0. The standard InChI is InChI=1S/C20H24N4O2/c1-15(25)12-21-13-17-19(22-18-10-6-7-11-24(17)18)20(26)23(2)14-16-8-4-3-5-9-16/h3-11,15,21,25H,12-14H2,1-2H3. The fourth-order valence-corrected chi connectivity index (χ4v) is 2.90. The van der Waals surface area contributed by atoms with Crippen LogP contribution < -0.4 is 5.32 Å². The van der Waals surface area contributed by atoms with E-state index in [9.17, 15) is 9.90 Å². The molecule has 1 atom stereocenters. The predicted molar refractivity (Wildman–Crippen MR) is 101 cm³/mol. The summed E-state index contributed by atoms with van der Waals surface area (Å²) >= 11 is 0. The Labute approximate surface area is 153 Å². The van der Waals surface area contributed by atoms with Crippen molar-refractivity contribution in [1.82, 2.24) is 19.6 Å². The Balaban J connectivity index is 1.86. The van der Waals surface area contributed by atoms with Crippen LogP contribution in [0.4, 0.5) is 0 Å². The maximum absolute atomic E-state index is 13.0. The Hall–Kier alpha value is -2.70. The van der Waals surface area contributed by atoms with Crippen molar-refractivity contribution in [3.05, 3.63) is 71.7 Å². The Bertz CT molecular complexity index is 874. The van der Waals surface area contributed by atoms with Gasteiger partial charge in [0.25, 0.3) is 5.91 Å². The number of hydrogen-bond donors (Lipinski definition) is 2. The van der Waals surface area contributed by atoms with Crippen molar-refractivity contribution in [2.75, 3.05) is 13.6 Å². The minimum absolute atomic E-state index is 0.119. The summed E-state index contributed by atoms with van der Waals surface area (Å²) in [6.07, 6.45) is 1.45. The molecule has 1 amide bonds. The summed E-state index contributed by atoms with van der Waals surface area (Å²) in [6, 6.07) is 15.6. The van der Waals surface area contributed by atoms with Gasteiger partial charge in [-0.25, -0.2) is 4.98 Å². The Kier molecular flexibility index (Phi) is 5.65. The number of imidazole rings is 1. The zero-order chi connectivity index (χ0) is 18.5. The summed E-state index contributed by atoms with van der Waals surface area (Å²) in [5.41, 5.74) is 3.04. The van der Waals surface area contributed by atoms with Crippen LogP contribution in [0, 0.1) is 0 Å². The van der Waals surface area contributed by atoms with Crippen LogP contribution in [-0.2, 0) is 13.1 Å². The lowest BCUT2D eigenvalue weighted by Crippen LogP contribution is -2.29.